The molecule has 1 aliphatic heterocycles. The SMILES string of the molecule is O=C(c1cnn2c(C(F)(F)F)cc(-c3cccc4ccccc34)nc12)N1CCN(Cc2cccc(F)c2F)CC1. The number of carbonyl (C=O) groups excluding carboxylic acids is 1. The molecule has 0 unspecified atom stereocenters. The standard InChI is InChI=1S/C29H22F5N5O/c30-23-10-4-7-19(26(23)31)17-37-11-13-38(14-12-37)28(40)22-16-35-39-25(29(32,33)34)15-24(36-27(22)39)21-9-3-6-18-5-1-2-8-20(18)21/h1-10,15-16H,11-14,17H2. The fraction of sp³-hybridized carbons (Fsp3) is 0.207. The highest BCUT2D eigenvalue weighted by Gasteiger charge is 2.36. The number of hydrogen-bond acceptors (Lipinski definition) is 4. The van der Waals surface area contributed by atoms with Crippen LogP contribution in [0.15, 0.2) is 72.9 Å². The summed E-state index contributed by atoms with van der Waals surface area (Å²) in [5.74, 6) is -2.32. The van der Waals surface area contributed by atoms with E-state index >= 15 is 0 Å². The highest BCUT2D eigenvalue weighted by Crippen LogP contribution is 2.35. The minimum Gasteiger partial charge on any atom is -0.336 e. The zero-order valence-corrected chi connectivity index (χ0v) is 21.0. The van der Waals surface area contributed by atoms with Crippen molar-refractivity contribution in [3.05, 3.63) is 101 Å². The molecule has 1 aliphatic rings. The van der Waals surface area contributed by atoms with E-state index in [-0.39, 0.29) is 42.1 Å². The van der Waals surface area contributed by atoms with Crippen LogP contribution in [0.4, 0.5) is 22.0 Å². The molecule has 204 valence electrons. The predicted molar refractivity (Wildman–Crippen MR) is 138 cm³/mol. The summed E-state index contributed by atoms with van der Waals surface area (Å²) in [4.78, 5) is 21.4. The van der Waals surface area contributed by atoms with E-state index in [0.717, 1.165) is 29.1 Å². The average Bonchev–Trinajstić information content (AvgIpc) is 3.38. The van der Waals surface area contributed by atoms with Crippen LogP contribution < -0.4 is 0 Å². The summed E-state index contributed by atoms with van der Waals surface area (Å²) in [5, 5.41) is 5.46. The third kappa shape index (κ3) is 4.66. The number of hydrogen-bond donors (Lipinski definition) is 0. The molecule has 1 saturated heterocycles. The minimum atomic E-state index is -4.75. The van der Waals surface area contributed by atoms with Gasteiger partial charge in [0.25, 0.3) is 5.91 Å². The van der Waals surface area contributed by atoms with Gasteiger partial charge in [-0.15, -0.1) is 0 Å². The molecule has 6 rings (SSSR count). The fourth-order valence-electron chi connectivity index (χ4n) is 5.09. The molecular formula is C29H22F5N5O. The molecule has 1 fully saturated rings. The van der Waals surface area contributed by atoms with Crippen molar-refractivity contribution in [2.24, 2.45) is 0 Å². The second kappa shape index (κ2) is 9.98. The van der Waals surface area contributed by atoms with E-state index in [1.165, 1.54) is 17.0 Å². The van der Waals surface area contributed by atoms with Gasteiger partial charge in [-0.1, -0.05) is 54.6 Å². The summed E-state index contributed by atoms with van der Waals surface area (Å²) >= 11 is 0. The maximum absolute atomic E-state index is 14.1. The number of halogens is 5. The van der Waals surface area contributed by atoms with Crippen molar-refractivity contribution in [2.45, 2.75) is 12.7 Å². The van der Waals surface area contributed by atoms with Gasteiger partial charge in [0, 0.05) is 43.9 Å². The van der Waals surface area contributed by atoms with Crippen molar-refractivity contribution in [3.8, 4) is 11.3 Å². The normalized spacial score (nSPS) is 14.8. The molecule has 3 heterocycles. The van der Waals surface area contributed by atoms with Crippen LogP contribution in [0, 0.1) is 11.6 Å². The molecule has 2 aromatic heterocycles. The van der Waals surface area contributed by atoms with Crippen LogP contribution in [0.25, 0.3) is 27.7 Å². The van der Waals surface area contributed by atoms with Gasteiger partial charge in [0.05, 0.1) is 11.9 Å². The van der Waals surface area contributed by atoms with Crippen LogP contribution in [-0.4, -0.2) is 56.5 Å². The Morgan fingerprint density at radius 1 is 0.900 bits per heavy atom. The van der Waals surface area contributed by atoms with E-state index in [9.17, 15) is 26.7 Å². The van der Waals surface area contributed by atoms with Gasteiger partial charge in [-0.25, -0.2) is 18.3 Å². The summed E-state index contributed by atoms with van der Waals surface area (Å²) < 4.78 is 70.7. The average molecular weight is 552 g/mol. The van der Waals surface area contributed by atoms with Crippen LogP contribution in [0.2, 0.25) is 0 Å². The Morgan fingerprint density at radius 2 is 1.62 bits per heavy atom. The Labute approximate surface area is 225 Å². The van der Waals surface area contributed by atoms with Gasteiger partial charge in [0.2, 0.25) is 0 Å². The van der Waals surface area contributed by atoms with Crippen molar-refractivity contribution < 1.29 is 26.7 Å². The number of amides is 1. The Hall–Kier alpha value is -4.38. The third-order valence-corrected chi connectivity index (χ3v) is 7.14. The van der Waals surface area contributed by atoms with Gasteiger partial charge in [0.1, 0.15) is 5.56 Å². The van der Waals surface area contributed by atoms with Crippen LogP contribution in [0.5, 0.6) is 0 Å². The van der Waals surface area contributed by atoms with E-state index in [4.69, 9.17) is 0 Å². The number of fused-ring (bicyclic) bond motifs is 2. The Kier molecular flexibility index (Phi) is 6.46. The number of nitrogens with zero attached hydrogens (tertiary/aromatic N) is 5. The molecule has 5 aromatic rings. The second-order valence-electron chi connectivity index (χ2n) is 9.63. The monoisotopic (exact) mass is 551 g/mol. The summed E-state index contributed by atoms with van der Waals surface area (Å²) in [6, 6.07) is 17.5. The first-order valence-corrected chi connectivity index (χ1v) is 12.6. The van der Waals surface area contributed by atoms with E-state index in [1.807, 2.05) is 23.1 Å². The van der Waals surface area contributed by atoms with Gasteiger partial charge in [-0.2, -0.15) is 18.3 Å². The third-order valence-electron chi connectivity index (χ3n) is 7.14. The van der Waals surface area contributed by atoms with Crippen molar-refractivity contribution in [1.82, 2.24) is 24.4 Å². The quantitative estimate of drug-likeness (QED) is 0.265. The summed E-state index contributed by atoms with van der Waals surface area (Å²) in [6.07, 6.45) is -3.63. The topological polar surface area (TPSA) is 53.7 Å². The zero-order valence-electron chi connectivity index (χ0n) is 21.0. The van der Waals surface area contributed by atoms with E-state index in [1.54, 1.807) is 24.3 Å². The van der Waals surface area contributed by atoms with Crippen LogP contribution in [0.1, 0.15) is 21.6 Å². The van der Waals surface area contributed by atoms with E-state index in [2.05, 4.69) is 10.1 Å². The number of piperazine rings is 1. The highest BCUT2D eigenvalue weighted by atomic mass is 19.4. The van der Waals surface area contributed by atoms with Crippen molar-refractivity contribution >= 4 is 22.3 Å². The highest BCUT2D eigenvalue weighted by molar-refractivity contribution is 6.01. The van der Waals surface area contributed by atoms with Gasteiger partial charge < -0.3 is 4.90 Å². The van der Waals surface area contributed by atoms with E-state index in [0.29, 0.717) is 23.2 Å². The molecule has 0 N–H and O–H groups in total. The summed E-state index contributed by atoms with van der Waals surface area (Å²) in [6.45, 7) is 1.44. The van der Waals surface area contributed by atoms with Crippen molar-refractivity contribution in [2.75, 3.05) is 26.2 Å². The lowest BCUT2D eigenvalue weighted by Crippen LogP contribution is -2.48. The first kappa shape index (κ1) is 25.9. The molecule has 0 atom stereocenters. The summed E-state index contributed by atoms with van der Waals surface area (Å²) in [7, 11) is 0. The Balaban J connectivity index is 1.32. The van der Waals surface area contributed by atoms with Gasteiger partial charge >= 0.3 is 6.18 Å². The predicted octanol–water partition coefficient (Wildman–Crippen LogP) is 5.80. The lowest BCUT2D eigenvalue weighted by atomic mass is 10.0. The van der Waals surface area contributed by atoms with Crippen LogP contribution in [0.3, 0.4) is 0 Å². The summed E-state index contributed by atoms with van der Waals surface area (Å²) in [5.41, 5.74) is -0.477. The molecule has 6 nitrogen and oxygen atoms in total. The maximum atomic E-state index is 14.1. The van der Waals surface area contributed by atoms with Gasteiger partial charge in [-0.05, 0) is 22.9 Å². The smallest absolute Gasteiger partial charge is 0.336 e. The lowest BCUT2D eigenvalue weighted by molar-refractivity contribution is -0.142. The molecule has 11 heteroatoms. The molecule has 0 radical (unpaired) electrons. The van der Waals surface area contributed by atoms with E-state index < -0.39 is 29.4 Å². The number of carbonyl (C=O) groups is 1. The number of benzene rings is 3. The first-order valence-electron chi connectivity index (χ1n) is 12.6. The first-order chi connectivity index (χ1) is 19.2. The van der Waals surface area contributed by atoms with Gasteiger partial charge in [-0.3, -0.25) is 9.69 Å². The molecule has 0 saturated carbocycles. The Morgan fingerprint density at radius 3 is 2.40 bits per heavy atom. The largest absolute Gasteiger partial charge is 0.433 e. The van der Waals surface area contributed by atoms with Crippen LogP contribution >= 0.6 is 0 Å². The Bertz CT molecular complexity index is 1740. The number of alkyl halides is 3. The fourth-order valence-corrected chi connectivity index (χ4v) is 5.09. The minimum absolute atomic E-state index is 0.0442. The maximum Gasteiger partial charge on any atom is 0.433 e. The molecular weight excluding hydrogens is 529 g/mol. The molecule has 1 amide bonds. The number of aromatic nitrogens is 3. The molecule has 40 heavy (non-hydrogen) atoms. The molecule has 0 bridgehead atoms. The molecule has 0 spiro atoms. The van der Waals surface area contributed by atoms with Gasteiger partial charge in [0.15, 0.2) is 23.0 Å². The van der Waals surface area contributed by atoms with Crippen LogP contribution in [-0.2, 0) is 12.7 Å². The molecule has 3 aromatic carbocycles. The van der Waals surface area contributed by atoms with Crippen molar-refractivity contribution in [1.29, 1.82) is 0 Å². The lowest BCUT2D eigenvalue weighted by Gasteiger charge is -2.34. The molecule has 0 aliphatic carbocycles. The van der Waals surface area contributed by atoms with Crippen molar-refractivity contribution in [3.63, 3.8) is 0 Å². The number of rotatable bonds is 4. The zero-order chi connectivity index (χ0) is 28.0. The second-order valence-corrected chi connectivity index (χ2v) is 9.63.